The molecule has 132 valence electrons. The molecule has 0 spiro atoms. The molecule has 0 saturated heterocycles. The van der Waals surface area contributed by atoms with Gasteiger partial charge in [0.05, 0.1) is 4.90 Å². The van der Waals surface area contributed by atoms with E-state index in [1.807, 2.05) is 0 Å². The van der Waals surface area contributed by atoms with E-state index in [9.17, 15) is 8.42 Å². The summed E-state index contributed by atoms with van der Waals surface area (Å²) in [4.78, 5) is 0.231. The second-order valence-corrected chi connectivity index (χ2v) is 17.2. The van der Waals surface area contributed by atoms with Gasteiger partial charge in [0.2, 0.25) is 8.32 Å². The Balaban J connectivity index is 3.62. The lowest BCUT2D eigenvalue weighted by molar-refractivity contribution is 0.368. The van der Waals surface area contributed by atoms with Crippen molar-refractivity contribution in [1.29, 1.82) is 0 Å². The second kappa shape index (κ2) is 6.01. The van der Waals surface area contributed by atoms with Crippen LogP contribution in [0.2, 0.25) is 15.1 Å². The van der Waals surface area contributed by atoms with Gasteiger partial charge in [-0.15, -0.1) is 0 Å². The average Bonchev–Trinajstić information content (AvgIpc) is 2.32. The Bertz CT molecular complexity index is 594. The van der Waals surface area contributed by atoms with Crippen LogP contribution in [0.4, 0.5) is 0 Å². The molecule has 0 heterocycles. The first-order valence-corrected chi connectivity index (χ1v) is 11.4. The van der Waals surface area contributed by atoms with Gasteiger partial charge < -0.3 is 3.87 Å². The van der Waals surface area contributed by atoms with Gasteiger partial charge in [-0.05, 0) is 27.2 Å². The number of benzene rings is 1. The fraction of sp³-hybridized carbons (Fsp3) is 0.667. The zero-order chi connectivity index (χ0) is 18.3. The Morgan fingerprint density at radius 2 is 1.09 bits per heavy atom. The fourth-order valence-corrected chi connectivity index (χ4v) is 16.5. The van der Waals surface area contributed by atoms with E-state index in [0.29, 0.717) is 0 Å². The third-order valence-corrected chi connectivity index (χ3v) is 13.5. The maximum absolute atomic E-state index is 13.0. The van der Waals surface area contributed by atoms with Crippen LogP contribution >= 0.6 is 0 Å². The van der Waals surface area contributed by atoms with E-state index < -0.39 is 18.4 Å². The van der Waals surface area contributed by atoms with E-state index in [4.69, 9.17) is 3.87 Å². The Labute approximate surface area is 143 Å². The predicted molar refractivity (Wildman–Crippen MR) is 99.6 cm³/mol. The molecule has 0 N–H and O–H groups in total. The zero-order valence-corrected chi connectivity index (χ0v) is 17.8. The normalized spacial score (nSPS) is 14.8. The van der Waals surface area contributed by atoms with Crippen molar-refractivity contribution in [2.45, 2.75) is 82.3 Å². The van der Waals surface area contributed by atoms with E-state index in [1.165, 1.54) is 0 Å². The number of hydrogen-bond acceptors (Lipinski definition) is 3. The van der Waals surface area contributed by atoms with Crippen LogP contribution in [-0.4, -0.2) is 16.7 Å². The van der Waals surface area contributed by atoms with Crippen LogP contribution in [0.1, 0.15) is 62.3 Å². The molecule has 5 heteroatoms. The van der Waals surface area contributed by atoms with Gasteiger partial charge in [-0.1, -0.05) is 80.5 Å². The topological polar surface area (TPSA) is 43.4 Å². The van der Waals surface area contributed by atoms with E-state index >= 15 is 0 Å². The van der Waals surface area contributed by atoms with Gasteiger partial charge in [0, 0.05) is 0 Å². The summed E-state index contributed by atoms with van der Waals surface area (Å²) in [6.07, 6.45) is 0. The Kier molecular flexibility index (Phi) is 5.33. The van der Waals surface area contributed by atoms with Crippen molar-refractivity contribution in [3.63, 3.8) is 0 Å². The van der Waals surface area contributed by atoms with Crippen molar-refractivity contribution in [3.05, 3.63) is 30.3 Å². The Morgan fingerprint density at radius 3 is 1.39 bits per heavy atom. The largest absolute Gasteiger partial charge is 0.309 e. The van der Waals surface area contributed by atoms with Gasteiger partial charge >= 0.3 is 0 Å². The second-order valence-electron chi connectivity index (χ2n) is 9.28. The van der Waals surface area contributed by atoms with Crippen LogP contribution in [0, 0.1) is 0 Å². The van der Waals surface area contributed by atoms with Gasteiger partial charge in [-0.3, -0.25) is 0 Å². The lowest BCUT2D eigenvalue weighted by Gasteiger charge is -2.56. The molecule has 0 unspecified atom stereocenters. The van der Waals surface area contributed by atoms with Crippen molar-refractivity contribution in [1.82, 2.24) is 0 Å². The molecule has 0 bridgehead atoms. The molecule has 0 aliphatic heterocycles. The SMILES string of the molecule is CC(C)(C)[Si](OS(=O)(=O)c1ccccc1)(C(C)(C)C)C(C)(C)C. The van der Waals surface area contributed by atoms with Gasteiger partial charge in [-0.25, -0.2) is 0 Å². The van der Waals surface area contributed by atoms with Crippen LogP contribution in [-0.2, 0) is 14.0 Å². The Morgan fingerprint density at radius 1 is 0.739 bits per heavy atom. The van der Waals surface area contributed by atoms with Gasteiger partial charge in [0.1, 0.15) is 0 Å². The van der Waals surface area contributed by atoms with Crippen LogP contribution in [0.15, 0.2) is 35.2 Å². The highest BCUT2D eigenvalue weighted by Crippen LogP contribution is 2.63. The molecule has 0 fully saturated rings. The number of rotatable bonds is 3. The quantitative estimate of drug-likeness (QED) is 0.649. The molecular weight excluding hydrogens is 324 g/mol. The molecule has 0 aromatic heterocycles. The smallest absolute Gasteiger partial charge is 0.287 e. The summed E-state index contributed by atoms with van der Waals surface area (Å²) in [5.74, 6) is 0. The predicted octanol–water partition coefficient (Wildman–Crippen LogP) is 5.74. The van der Waals surface area contributed by atoms with Crippen molar-refractivity contribution in [2.24, 2.45) is 0 Å². The van der Waals surface area contributed by atoms with E-state index in [2.05, 4.69) is 62.3 Å². The highest BCUT2D eigenvalue weighted by Gasteiger charge is 2.64. The molecule has 0 aliphatic carbocycles. The zero-order valence-electron chi connectivity index (χ0n) is 16.0. The molecule has 1 rings (SSSR count). The monoisotopic (exact) mass is 356 g/mol. The molecule has 0 atom stereocenters. The van der Waals surface area contributed by atoms with E-state index in [0.717, 1.165) is 0 Å². The minimum absolute atomic E-state index is 0.231. The van der Waals surface area contributed by atoms with Gasteiger partial charge in [0.25, 0.3) is 10.1 Å². The molecule has 1 aromatic carbocycles. The highest BCUT2D eigenvalue weighted by atomic mass is 32.2. The van der Waals surface area contributed by atoms with Crippen LogP contribution in [0.3, 0.4) is 0 Å². The lowest BCUT2D eigenvalue weighted by Crippen LogP contribution is -2.61. The fourth-order valence-electron chi connectivity index (χ4n) is 4.55. The first-order chi connectivity index (χ1) is 10.1. The molecular formula is C18H32O3SSi. The molecule has 3 nitrogen and oxygen atoms in total. The number of hydrogen-bond donors (Lipinski definition) is 0. The molecule has 23 heavy (non-hydrogen) atoms. The lowest BCUT2D eigenvalue weighted by atomic mass is 10.2. The summed E-state index contributed by atoms with van der Waals surface area (Å²) in [5, 5.41) is -0.734. The van der Waals surface area contributed by atoms with Crippen LogP contribution in [0.25, 0.3) is 0 Å². The highest BCUT2D eigenvalue weighted by molar-refractivity contribution is 7.88. The third kappa shape index (κ3) is 3.72. The molecule has 0 aliphatic rings. The summed E-state index contributed by atoms with van der Waals surface area (Å²) >= 11 is 0. The van der Waals surface area contributed by atoms with E-state index in [1.54, 1.807) is 30.3 Å². The maximum Gasteiger partial charge on any atom is 0.287 e. The van der Waals surface area contributed by atoms with Crippen LogP contribution < -0.4 is 0 Å². The Hall–Kier alpha value is -0.653. The molecule has 0 saturated carbocycles. The summed E-state index contributed by atoms with van der Waals surface area (Å²) in [6.45, 7) is 19.0. The first kappa shape index (κ1) is 20.4. The minimum atomic E-state index is -3.81. The maximum atomic E-state index is 13.0. The van der Waals surface area contributed by atoms with Gasteiger partial charge in [-0.2, -0.15) is 8.42 Å². The summed E-state index contributed by atoms with van der Waals surface area (Å²) in [6, 6.07) is 8.46. The average molecular weight is 357 g/mol. The molecule has 0 radical (unpaired) electrons. The molecule has 0 amide bonds. The van der Waals surface area contributed by atoms with Crippen molar-refractivity contribution in [2.75, 3.05) is 0 Å². The van der Waals surface area contributed by atoms with Crippen molar-refractivity contribution in [3.8, 4) is 0 Å². The van der Waals surface area contributed by atoms with Gasteiger partial charge in [0.15, 0.2) is 0 Å². The van der Waals surface area contributed by atoms with Crippen LogP contribution in [0.5, 0.6) is 0 Å². The summed E-state index contributed by atoms with van der Waals surface area (Å²) in [7, 11) is -6.61. The first-order valence-electron chi connectivity index (χ1n) is 8.07. The third-order valence-electron chi connectivity index (χ3n) is 4.44. The summed E-state index contributed by atoms with van der Waals surface area (Å²) in [5.41, 5.74) is 0. The van der Waals surface area contributed by atoms with Crippen molar-refractivity contribution < 1.29 is 12.3 Å². The molecule has 1 aromatic rings. The van der Waals surface area contributed by atoms with E-state index in [-0.39, 0.29) is 20.0 Å². The minimum Gasteiger partial charge on any atom is -0.309 e. The summed E-state index contributed by atoms with van der Waals surface area (Å²) < 4.78 is 32.2. The van der Waals surface area contributed by atoms with Crippen molar-refractivity contribution >= 4 is 18.4 Å². The standard InChI is InChI=1S/C18H32O3SSi/c1-16(2,3)23(17(4,5)6,18(7,8)9)21-22(19,20)15-13-11-10-12-14-15/h10-14H,1-9H3.